The minimum Gasteiger partial charge on any atom is -0.465 e. The van der Waals surface area contributed by atoms with Gasteiger partial charge >= 0.3 is 6.09 Å². The highest BCUT2D eigenvalue weighted by Gasteiger charge is 2.42. The summed E-state index contributed by atoms with van der Waals surface area (Å²) in [4.78, 5) is 39.2. The Morgan fingerprint density at radius 3 is 2.70 bits per heavy atom. The Balaban J connectivity index is 1.26. The number of carbonyl (C=O) groups is 2. The first-order valence-electron chi connectivity index (χ1n) is 14.6. The molecule has 3 N–H and O–H groups in total. The summed E-state index contributed by atoms with van der Waals surface area (Å²) in [6, 6.07) is 14.4. The van der Waals surface area contributed by atoms with Crippen molar-refractivity contribution < 1.29 is 28.2 Å². The maximum absolute atomic E-state index is 13.7. The lowest BCUT2D eigenvalue weighted by atomic mass is 10.0. The van der Waals surface area contributed by atoms with Gasteiger partial charge in [0.2, 0.25) is 23.7 Å². The van der Waals surface area contributed by atoms with E-state index in [0.717, 1.165) is 23.8 Å². The molecule has 2 fully saturated rings. The van der Waals surface area contributed by atoms with Crippen molar-refractivity contribution in [3.8, 4) is 22.9 Å². The number of hydrogen-bond donors (Lipinski definition) is 3. The van der Waals surface area contributed by atoms with Crippen LogP contribution in [0, 0.1) is 12.8 Å². The number of piperidine rings is 1. The Morgan fingerprint density at radius 2 is 1.91 bits per heavy atom. The van der Waals surface area contributed by atoms with E-state index in [2.05, 4.69) is 25.6 Å². The van der Waals surface area contributed by atoms with E-state index in [9.17, 15) is 23.5 Å². The third kappa shape index (κ3) is 6.24. The maximum Gasteiger partial charge on any atom is 0.407 e. The van der Waals surface area contributed by atoms with Gasteiger partial charge < -0.3 is 25.4 Å². The summed E-state index contributed by atoms with van der Waals surface area (Å²) in [5, 5.41) is 16.9. The van der Waals surface area contributed by atoms with Crippen molar-refractivity contribution in [3.05, 3.63) is 66.5 Å². The third-order valence-electron chi connectivity index (χ3n) is 8.17. The van der Waals surface area contributed by atoms with Crippen molar-refractivity contribution in [1.82, 2.24) is 19.9 Å². The highest BCUT2D eigenvalue weighted by Crippen LogP contribution is 2.41. The zero-order valence-corrected chi connectivity index (χ0v) is 24.1. The van der Waals surface area contributed by atoms with Gasteiger partial charge in [0, 0.05) is 66.7 Å². The molecule has 2 atom stereocenters. The van der Waals surface area contributed by atoms with Crippen molar-refractivity contribution in [2.75, 3.05) is 23.7 Å². The number of halogens is 2. The predicted octanol–water partition coefficient (Wildman–Crippen LogP) is 6.72. The number of ether oxygens (including phenoxy) is 1. The summed E-state index contributed by atoms with van der Waals surface area (Å²) in [5.41, 5.74) is 2.54. The average molecular weight is 603 g/mol. The SMILES string of the molecule is Cc1ccc2c(NC(=O)[C@@H]3CCC(F)(F)C3)cccc2c1Oc1ncccc1-c1ccnc(N[C@H]2CCCN(C(=O)O)C2)n1. The van der Waals surface area contributed by atoms with Crippen molar-refractivity contribution >= 4 is 34.4 Å². The van der Waals surface area contributed by atoms with Crippen molar-refractivity contribution in [2.24, 2.45) is 5.92 Å². The second-order valence-corrected chi connectivity index (χ2v) is 11.3. The standard InChI is InChI=1S/C32H32F2N6O4/c1-19-9-10-22-23(6-2-8-25(22)38-28(41)20-11-13-32(33,34)17-20)27(19)44-29-24(7-3-14-35-29)26-12-15-36-30(39-26)37-21-5-4-16-40(18-21)31(42)43/h2-3,6-10,12,14-15,20-21H,4-5,11,13,16-18H2,1H3,(H,38,41)(H,42,43)(H,36,37,39)/t20-,21+/m1/s1. The molecule has 3 heterocycles. The maximum atomic E-state index is 13.7. The zero-order chi connectivity index (χ0) is 30.8. The van der Waals surface area contributed by atoms with Gasteiger partial charge in [-0.15, -0.1) is 0 Å². The number of hydrogen-bond acceptors (Lipinski definition) is 7. The summed E-state index contributed by atoms with van der Waals surface area (Å²) >= 11 is 0. The van der Waals surface area contributed by atoms with Gasteiger partial charge in [-0.2, -0.15) is 0 Å². The van der Waals surface area contributed by atoms with E-state index in [-0.39, 0.29) is 18.9 Å². The van der Waals surface area contributed by atoms with Gasteiger partial charge in [-0.3, -0.25) is 4.79 Å². The number of amides is 2. The van der Waals surface area contributed by atoms with E-state index in [1.807, 2.05) is 31.2 Å². The van der Waals surface area contributed by atoms with E-state index in [1.54, 1.807) is 36.7 Å². The first kappa shape index (κ1) is 29.2. The van der Waals surface area contributed by atoms with Crippen LogP contribution in [0.4, 0.5) is 25.2 Å². The summed E-state index contributed by atoms with van der Waals surface area (Å²) in [5.74, 6) is -2.74. The molecule has 1 saturated heterocycles. The van der Waals surface area contributed by atoms with Gasteiger partial charge in [-0.25, -0.2) is 28.5 Å². The van der Waals surface area contributed by atoms with E-state index in [4.69, 9.17) is 4.74 Å². The third-order valence-corrected chi connectivity index (χ3v) is 8.17. The molecule has 228 valence electrons. The molecule has 4 aromatic rings. The van der Waals surface area contributed by atoms with E-state index >= 15 is 0 Å². The predicted molar refractivity (Wildman–Crippen MR) is 161 cm³/mol. The fourth-order valence-electron chi connectivity index (χ4n) is 5.89. The molecule has 10 nitrogen and oxygen atoms in total. The molecule has 1 aliphatic carbocycles. The number of benzene rings is 2. The van der Waals surface area contributed by atoms with Crippen LogP contribution in [-0.2, 0) is 4.79 Å². The number of nitrogens with zero attached hydrogens (tertiary/aromatic N) is 4. The molecule has 6 rings (SSSR count). The number of aryl methyl sites for hydroxylation is 1. The topological polar surface area (TPSA) is 130 Å². The molecule has 0 radical (unpaired) electrons. The minimum atomic E-state index is -2.81. The lowest BCUT2D eigenvalue weighted by Gasteiger charge is -2.31. The fraction of sp³-hybridized carbons (Fsp3) is 0.344. The van der Waals surface area contributed by atoms with Gasteiger partial charge in [0.05, 0.1) is 11.3 Å². The summed E-state index contributed by atoms with van der Waals surface area (Å²) in [6.45, 7) is 2.76. The van der Waals surface area contributed by atoms with Crippen LogP contribution >= 0.6 is 0 Å². The molecule has 0 spiro atoms. The minimum absolute atomic E-state index is 0.113. The second-order valence-electron chi connectivity index (χ2n) is 11.3. The first-order valence-corrected chi connectivity index (χ1v) is 14.6. The van der Waals surface area contributed by atoms with Crippen molar-refractivity contribution in [2.45, 2.75) is 51.0 Å². The lowest BCUT2D eigenvalue weighted by molar-refractivity contribution is -0.120. The highest BCUT2D eigenvalue weighted by atomic mass is 19.3. The van der Waals surface area contributed by atoms with Crippen molar-refractivity contribution in [1.29, 1.82) is 0 Å². The molecule has 2 aliphatic rings. The fourth-order valence-corrected chi connectivity index (χ4v) is 5.89. The van der Waals surface area contributed by atoms with E-state index in [1.165, 1.54) is 4.90 Å². The molecule has 1 saturated carbocycles. The smallest absolute Gasteiger partial charge is 0.407 e. The Labute approximate surface area is 252 Å². The number of nitrogens with one attached hydrogen (secondary N) is 2. The van der Waals surface area contributed by atoms with Crippen LogP contribution in [-0.4, -0.2) is 62.0 Å². The van der Waals surface area contributed by atoms with Crippen LogP contribution in [0.5, 0.6) is 11.6 Å². The normalized spacial score (nSPS) is 19.5. The Morgan fingerprint density at radius 1 is 1.05 bits per heavy atom. The molecular formula is C32H32F2N6O4. The summed E-state index contributed by atoms with van der Waals surface area (Å²) in [7, 11) is 0. The van der Waals surface area contributed by atoms with Crippen LogP contribution in [0.3, 0.4) is 0 Å². The van der Waals surface area contributed by atoms with Gasteiger partial charge in [-0.05, 0) is 56.0 Å². The van der Waals surface area contributed by atoms with Crippen LogP contribution in [0.15, 0.2) is 60.9 Å². The second kappa shape index (κ2) is 12.0. The quantitative estimate of drug-likeness (QED) is 0.213. The van der Waals surface area contributed by atoms with E-state index < -0.39 is 30.3 Å². The van der Waals surface area contributed by atoms with Crippen molar-refractivity contribution in [3.63, 3.8) is 0 Å². The lowest BCUT2D eigenvalue weighted by Crippen LogP contribution is -2.44. The van der Waals surface area contributed by atoms with Crippen LogP contribution in [0.1, 0.15) is 37.7 Å². The van der Waals surface area contributed by atoms with Crippen LogP contribution in [0.25, 0.3) is 22.0 Å². The molecular weight excluding hydrogens is 570 g/mol. The van der Waals surface area contributed by atoms with Crippen LogP contribution in [0.2, 0.25) is 0 Å². The molecule has 44 heavy (non-hydrogen) atoms. The largest absolute Gasteiger partial charge is 0.465 e. The molecule has 0 bridgehead atoms. The van der Waals surface area contributed by atoms with Crippen LogP contribution < -0.4 is 15.4 Å². The number of carboxylic acid groups (broad SMARTS) is 1. The van der Waals surface area contributed by atoms with Gasteiger partial charge in [0.25, 0.3) is 0 Å². The average Bonchev–Trinajstić information content (AvgIpc) is 3.39. The number of pyridine rings is 1. The number of likely N-dealkylation sites (tertiary alicyclic amines) is 1. The molecule has 12 heteroatoms. The molecule has 0 unspecified atom stereocenters. The van der Waals surface area contributed by atoms with Gasteiger partial charge in [0.1, 0.15) is 5.75 Å². The summed E-state index contributed by atoms with van der Waals surface area (Å²) in [6.07, 6.45) is 3.27. The first-order chi connectivity index (χ1) is 21.2. The zero-order valence-electron chi connectivity index (χ0n) is 24.1. The van der Waals surface area contributed by atoms with E-state index in [0.29, 0.717) is 53.0 Å². The summed E-state index contributed by atoms with van der Waals surface area (Å²) < 4.78 is 33.9. The Kier molecular flexibility index (Phi) is 7.98. The number of fused-ring (bicyclic) bond motifs is 1. The monoisotopic (exact) mass is 602 g/mol. The molecule has 1 aliphatic heterocycles. The molecule has 2 aromatic carbocycles. The number of rotatable bonds is 7. The Bertz CT molecular complexity index is 1720. The number of alkyl halides is 2. The Hall–Kier alpha value is -4.87. The number of carbonyl (C=O) groups excluding carboxylic acids is 1. The number of aromatic nitrogens is 3. The number of anilines is 2. The molecule has 2 amide bonds. The molecule has 2 aromatic heterocycles. The van der Waals surface area contributed by atoms with Gasteiger partial charge in [0.15, 0.2) is 0 Å². The van der Waals surface area contributed by atoms with Gasteiger partial charge in [-0.1, -0.05) is 24.3 Å². The highest BCUT2D eigenvalue weighted by molar-refractivity contribution is 6.05.